The predicted octanol–water partition coefficient (Wildman–Crippen LogP) is 0.731. The minimum atomic E-state index is -0.412. The molecule has 0 saturated carbocycles. The van der Waals surface area contributed by atoms with Crippen LogP contribution in [0.25, 0.3) is 0 Å². The van der Waals surface area contributed by atoms with Crippen molar-refractivity contribution in [1.82, 2.24) is 10.2 Å². The number of morpholine rings is 1. The SMILES string of the molecule is CCC(CC)(CN)C(=O)NCC1CN2CCCC2CO1. The summed E-state index contributed by atoms with van der Waals surface area (Å²) in [5, 5.41) is 3.06. The number of nitrogens with zero attached hydrogens (tertiary/aromatic N) is 1. The van der Waals surface area contributed by atoms with Crippen LogP contribution in [0, 0.1) is 5.41 Å². The van der Waals surface area contributed by atoms with Crippen LogP contribution in [-0.4, -0.2) is 55.7 Å². The van der Waals surface area contributed by atoms with Crippen molar-refractivity contribution in [1.29, 1.82) is 0 Å². The monoisotopic (exact) mass is 283 g/mol. The highest BCUT2D eigenvalue weighted by Gasteiger charge is 2.35. The van der Waals surface area contributed by atoms with Gasteiger partial charge in [0.1, 0.15) is 0 Å². The molecule has 0 aromatic rings. The van der Waals surface area contributed by atoms with Crippen LogP contribution in [0.1, 0.15) is 39.5 Å². The van der Waals surface area contributed by atoms with Gasteiger partial charge >= 0.3 is 0 Å². The van der Waals surface area contributed by atoms with Crippen molar-refractivity contribution in [2.24, 2.45) is 11.1 Å². The number of amides is 1. The molecule has 20 heavy (non-hydrogen) atoms. The summed E-state index contributed by atoms with van der Waals surface area (Å²) in [5.74, 6) is 0.0807. The average Bonchev–Trinajstić information content (AvgIpc) is 2.95. The zero-order chi connectivity index (χ0) is 14.6. The summed E-state index contributed by atoms with van der Waals surface area (Å²) in [4.78, 5) is 14.9. The summed E-state index contributed by atoms with van der Waals surface area (Å²) < 4.78 is 5.87. The first-order valence-corrected chi connectivity index (χ1v) is 7.99. The molecule has 2 unspecified atom stereocenters. The Bertz CT molecular complexity index is 323. The maximum atomic E-state index is 12.4. The molecule has 0 aromatic carbocycles. The van der Waals surface area contributed by atoms with Crippen molar-refractivity contribution in [2.75, 3.05) is 32.8 Å². The topological polar surface area (TPSA) is 67.6 Å². The molecule has 0 spiro atoms. The number of nitrogens with one attached hydrogen (secondary N) is 1. The van der Waals surface area contributed by atoms with Gasteiger partial charge in [-0.05, 0) is 32.2 Å². The molecule has 2 aliphatic heterocycles. The molecular formula is C15H29N3O2. The number of carbonyl (C=O) groups is 1. The number of fused-ring (bicyclic) bond motifs is 1. The van der Waals surface area contributed by atoms with Crippen molar-refractivity contribution in [3.8, 4) is 0 Å². The first kappa shape index (κ1) is 15.7. The Morgan fingerprint density at radius 2 is 2.20 bits per heavy atom. The highest BCUT2D eigenvalue weighted by molar-refractivity contribution is 5.82. The smallest absolute Gasteiger partial charge is 0.227 e. The van der Waals surface area contributed by atoms with E-state index in [9.17, 15) is 4.79 Å². The second kappa shape index (κ2) is 6.87. The highest BCUT2D eigenvalue weighted by Crippen LogP contribution is 2.25. The Hall–Kier alpha value is -0.650. The van der Waals surface area contributed by atoms with Crippen molar-refractivity contribution >= 4 is 5.91 Å². The molecule has 0 bridgehead atoms. The molecule has 2 saturated heterocycles. The maximum absolute atomic E-state index is 12.4. The number of rotatable bonds is 6. The molecule has 0 radical (unpaired) electrons. The summed E-state index contributed by atoms with van der Waals surface area (Å²) in [6.45, 7) is 8.00. The van der Waals surface area contributed by atoms with Gasteiger partial charge in [0.05, 0.1) is 18.1 Å². The molecule has 5 heteroatoms. The van der Waals surface area contributed by atoms with Gasteiger partial charge in [-0.1, -0.05) is 13.8 Å². The van der Waals surface area contributed by atoms with E-state index in [0.717, 1.165) is 26.0 Å². The van der Waals surface area contributed by atoms with E-state index in [1.165, 1.54) is 19.4 Å². The molecule has 1 amide bonds. The quantitative estimate of drug-likeness (QED) is 0.754. The standard InChI is InChI=1S/C15H29N3O2/c1-3-15(4-2,11-16)14(19)17-8-13-9-18-7-5-6-12(18)10-20-13/h12-13H,3-11,16H2,1-2H3,(H,17,19). The first-order chi connectivity index (χ1) is 9.65. The fourth-order valence-corrected chi connectivity index (χ4v) is 3.36. The van der Waals surface area contributed by atoms with E-state index in [2.05, 4.69) is 10.2 Å². The third kappa shape index (κ3) is 3.15. The molecule has 3 N–H and O–H groups in total. The van der Waals surface area contributed by atoms with Gasteiger partial charge < -0.3 is 15.8 Å². The Labute approximate surface area is 122 Å². The van der Waals surface area contributed by atoms with Crippen LogP contribution < -0.4 is 11.1 Å². The van der Waals surface area contributed by atoms with Crippen LogP contribution in [0.3, 0.4) is 0 Å². The Morgan fingerprint density at radius 3 is 2.85 bits per heavy atom. The number of carbonyl (C=O) groups excluding carboxylic acids is 1. The van der Waals surface area contributed by atoms with E-state index in [-0.39, 0.29) is 12.0 Å². The van der Waals surface area contributed by atoms with Crippen LogP contribution in [-0.2, 0) is 9.53 Å². The van der Waals surface area contributed by atoms with Gasteiger partial charge in [-0.3, -0.25) is 9.69 Å². The normalized spacial score (nSPS) is 27.4. The fourth-order valence-electron chi connectivity index (χ4n) is 3.36. The Kier molecular flexibility index (Phi) is 5.41. The van der Waals surface area contributed by atoms with Gasteiger partial charge in [-0.2, -0.15) is 0 Å². The summed E-state index contributed by atoms with van der Waals surface area (Å²) in [5.41, 5.74) is 5.40. The largest absolute Gasteiger partial charge is 0.373 e. The van der Waals surface area contributed by atoms with Gasteiger partial charge in [-0.15, -0.1) is 0 Å². The van der Waals surface area contributed by atoms with Gasteiger partial charge in [0, 0.05) is 25.7 Å². The third-order valence-electron chi connectivity index (χ3n) is 5.18. The Balaban J connectivity index is 1.81. The van der Waals surface area contributed by atoms with Crippen LogP contribution in [0.5, 0.6) is 0 Å². The van der Waals surface area contributed by atoms with E-state index in [0.29, 0.717) is 19.1 Å². The van der Waals surface area contributed by atoms with E-state index in [1.807, 2.05) is 13.8 Å². The van der Waals surface area contributed by atoms with Crippen molar-refractivity contribution in [3.63, 3.8) is 0 Å². The van der Waals surface area contributed by atoms with Crippen LogP contribution in [0.15, 0.2) is 0 Å². The summed E-state index contributed by atoms with van der Waals surface area (Å²) in [7, 11) is 0. The lowest BCUT2D eigenvalue weighted by molar-refractivity contribution is -0.132. The minimum Gasteiger partial charge on any atom is -0.373 e. The van der Waals surface area contributed by atoms with E-state index >= 15 is 0 Å². The molecule has 2 fully saturated rings. The molecule has 5 nitrogen and oxygen atoms in total. The van der Waals surface area contributed by atoms with Crippen molar-refractivity contribution in [3.05, 3.63) is 0 Å². The zero-order valence-electron chi connectivity index (χ0n) is 12.9. The van der Waals surface area contributed by atoms with Gasteiger partial charge in [0.25, 0.3) is 0 Å². The molecule has 2 aliphatic rings. The number of nitrogens with two attached hydrogens (primary N) is 1. The van der Waals surface area contributed by atoms with Crippen molar-refractivity contribution in [2.45, 2.75) is 51.7 Å². The molecule has 2 heterocycles. The van der Waals surface area contributed by atoms with E-state index in [1.54, 1.807) is 0 Å². The molecule has 0 aromatic heterocycles. The van der Waals surface area contributed by atoms with Crippen LogP contribution in [0.2, 0.25) is 0 Å². The number of hydrogen-bond donors (Lipinski definition) is 2. The van der Waals surface area contributed by atoms with E-state index in [4.69, 9.17) is 10.5 Å². The molecule has 2 atom stereocenters. The highest BCUT2D eigenvalue weighted by atomic mass is 16.5. The second-order valence-electron chi connectivity index (χ2n) is 6.15. The molecule has 116 valence electrons. The number of ether oxygens (including phenoxy) is 1. The van der Waals surface area contributed by atoms with Gasteiger partial charge in [-0.25, -0.2) is 0 Å². The predicted molar refractivity (Wildman–Crippen MR) is 79.4 cm³/mol. The Morgan fingerprint density at radius 1 is 1.45 bits per heavy atom. The fraction of sp³-hybridized carbons (Fsp3) is 0.933. The molecule has 2 rings (SSSR count). The average molecular weight is 283 g/mol. The summed E-state index contributed by atoms with van der Waals surface area (Å²) in [6.07, 6.45) is 4.21. The van der Waals surface area contributed by atoms with E-state index < -0.39 is 5.41 Å². The lowest BCUT2D eigenvalue weighted by atomic mass is 9.81. The van der Waals surface area contributed by atoms with Crippen LogP contribution >= 0.6 is 0 Å². The van der Waals surface area contributed by atoms with Crippen LogP contribution in [0.4, 0.5) is 0 Å². The lowest BCUT2D eigenvalue weighted by Crippen LogP contribution is -2.52. The molecule has 0 aliphatic carbocycles. The number of hydrogen-bond acceptors (Lipinski definition) is 4. The zero-order valence-corrected chi connectivity index (χ0v) is 12.9. The summed E-state index contributed by atoms with van der Waals surface area (Å²) in [6, 6.07) is 0.608. The van der Waals surface area contributed by atoms with Gasteiger partial charge in [0.2, 0.25) is 5.91 Å². The lowest BCUT2D eigenvalue weighted by Gasteiger charge is -2.36. The van der Waals surface area contributed by atoms with Gasteiger partial charge in [0.15, 0.2) is 0 Å². The second-order valence-corrected chi connectivity index (χ2v) is 6.15. The maximum Gasteiger partial charge on any atom is 0.227 e. The van der Waals surface area contributed by atoms with Crippen molar-refractivity contribution < 1.29 is 9.53 Å². The molecular weight excluding hydrogens is 254 g/mol. The summed E-state index contributed by atoms with van der Waals surface area (Å²) >= 11 is 0. The first-order valence-electron chi connectivity index (χ1n) is 7.99. The third-order valence-corrected chi connectivity index (χ3v) is 5.18. The minimum absolute atomic E-state index is 0.0807.